The fourth-order valence-corrected chi connectivity index (χ4v) is 5.86. The fraction of sp³-hybridized carbons (Fsp3) is 0.241. The second kappa shape index (κ2) is 11.1. The van der Waals surface area contributed by atoms with E-state index in [0.29, 0.717) is 54.3 Å². The molecule has 2 aliphatic rings. The van der Waals surface area contributed by atoms with Crippen LogP contribution in [0.1, 0.15) is 33.4 Å². The molecule has 7 nitrogen and oxygen atoms in total. The number of hydrogen-bond acceptors (Lipinski definition) is 7. The number of amides is 1. The third kappa shape index (κ3) is 5.70. The number of ether oxygens (including phenoxy) is 3. The van der Waals surface area contributed by atoms with Gasteiger partial charge in [-0.25, -0.2) is 4.98 Å². The van der Waals surface area contributed by atoms with Gasteiger partial charge in [-0.1, -0.05) is 41.4 Å². The van der Waals surface area contributed by atoms with Gasteiger partial charge in [-0.3, -0.25) is 9.69 Å². The SMILES string of the molecule is NC(=O)C1Cc2cc3c(cc2CN1Cc1nccs1)OC(c1ccc(OCc2ccc(Cl)c(Cl)c2)cc1)CO3. The van der Waals surface area contributed by atoms with E-state index in [1.54, 1.807) is 29.7 Å². The maximum Gasteiger partial charge on any atom is 0.235 e. The van der Waals surface area contributed by atoms with Crippen LogP contribution in [0.2, 0.25) is 10.0 Å². The van der Waals surface area contributed by atoms with Crippen molar-refractivity contribution < 1.29 is 19.0 Å². The first-order chi connectivity index (χ1) is 18.9. The molecule has 6 rings (SSSR count). The van der Waals surface area contributed by atoms with Crippen molar-refractivity contribution in [2.75, 3.05) is 6.61 Å². The van der Waals surface area contributed by atoms with E-state index in [0.717, 1.165) is 33.0 Å². The Morgan fingerprint density at radius 3 is 2.64 bits per heavy atom. The molecule has 39 heavy (non-hydrogen) atoms. The molecule has 1 aromatic heterocycles. The number of nitrogens with zero attached hydrogens (tertiary/aromatic N) is 2. The predicted molar refractivity (Wildman–Crippen MR) is 151 cm³/mol. The summed E-state index contributed by atoms with van der Waals surface area (Å²) in [6.07, 6.45) is 2.04. The molecule has 3 heterocycles. The number of fused-ring (bicyclic) bond motifs is 2. The zero-order valence-corrected chi connectivity index (χ0v) is 23.1. The first-order valence-corrected chi connectivity index (χ1v) is 14.1. The van der Waals surface area contributed by atoms with Crippen LogP contribution in [0, 0.1) is 0 Å². The van der Waals surface area contributed by atoms with Crippen molar-refractivity contribution in [2.45, 2.75) is 38.3 Å². The lowest BCUT2D eigenvalue weighted by molar-refractivity contribution is -0.124. The lowest BCUT2D eigenvalue weighted by Crippen LogP contribution is -2.48. The highest BCUT2D eigenvalue weighted by Gasteiger charge is 2.33. The number of rotatable bonds is 7. The first-order valence-electron chi connectivity index (χ1n) is 12.5. The number of aromatic nitrogens is 1. The van der Waals surface area contributed by atoms with Crippen LogP contribution in [-0.4, -0.2) is 28.4 Å². The Bertz CT molecular complexity index is 1500. The highest BCUT2D eigenvalue weighted by atomic mass is 35.5. The van der Waals surface area contributed by atoms with Crippen molar-refractivity contribution in [3.63, 3.8) is 0 Å². The molecular formula is C29H25Cl2N3O4S. The van der Waals surface area contributed by atoms with Crippen LogP contribution in [0.3, 0.4) is 0 Å². The Hall–Kier alpha value is -3.30. The van der Waals surface area contributed by atoms with Gasteiger partial charge in [-0.15, -0.1) is 11.3 Å². The molecule has 10 heteroatoms. The van der Waals surface area contributed by atoms with E-state index in [2.05, 4.69) is 9.88 Å². The van der Waals surface area contributed by atoms with Crippen LogP contribution in [-0.2, 0) is 30.9 Å². The van der Waals surface area contributed by atoms with Crippen LogP contribution in [0.25, 0.3) is 0 Å². The highest BCUT2D eigenvalue weighted by molar-refractivity contribution is 7.09. The van der Waals surface area contributed by atoms with Gasteiger partial charge in [-0.2, -0.15) is 0 Å². The third-order valence-corrected chi connectivity index (χ3v) is 8.45. The minimum absolute atomic E-state index is 0.256. The van der Waals surface area contributed by atoms with Gasteiger partial charge in [0.25, 0.3) is 0 Å². The van der Waals surface area contributed by atoms with Crippen molar-refractivity contribution in [3.05, 3.63) is 103 Å². The minimum atomic E-state index is -0.394. The zero-order chi connectivity index (χ0) is 26.9. The molecule has 2 aliphatic heterocycles. The van der Waals surface area contributed by atoms with Gasteiger partial charge in [-0.05, 0) is 65.1 Å². The van der Waals surface area contributed by atoms with E-state index < -0.39 is 6.04 Å². The average molecular weight is 583 g/mol. The summed E-state index contributed by atoms with van der Waals surface area (Å²) in [5.74, 6) is 1.77. The maximum absolute atomic E-state index is 12.2. The van der Waals surface area contributed by atoms with E-state index in [1.807, 2.05) is 47.8 Å². The number of benzene rings is 3. The third-order valence-electron chi connectivity index (χ3n) is 6.94. The van der Waals surface area contributed by atoms with Gasteiger partial charge >= 0.3 is 0 Å². The number of halogens is 2. The molecule has 4 aromatic rings. The topological polar surface area (TPSA) is 86.9 Å². The predicted octanol–water partition coefficient (Wildman–Crippen LogP) is 5.95. The molecule has 2 unspecified atom stereocenters. The lowest BCUT2D eigenvalue weighted by atomic mass is 9.92. The number of thiazole rings is 1. The highest BCUT2D eigenvalue weighted by Crippen LogP contribution is 2.41. The first kappa shape index (κ1) is 26.0. The van der Waals surface area contributed by atoms with Crippen LogP contribution >= 0.6 is 34.5 Å². The molecule has 0 bridgehead atoms. The molecule has 0 aliphatic carbocycles. The lowest BCUT2D eigenvalue weighted by Gasteiger charge is -2.36. The largest absolute Gasteiger partial charge is 0.489 e. The summed E-state index contributed by atoms with van der Waals surface area (Å²) in [6.45, 7) is 1.91. The van der Waals surface area contributed by atoms with Gasteiger partial charge in [0, 0.05) is 18.1 Å². The summed E-state index contributed by atoms with van der Waals surface area (Å²) in [6, 6.07) is 16.9. The average Bonchev–Trinajstić information content (AvgIpc) is 3.45. The van der Waals surface area contributed by atoms with Gasteiger partial charge in [0.1, 0.15) is 24.0 Å². The Morgan fingerprint density at radius 2 is 1.90 bits per heavy atom. The summed E-state index contributed by atoms with van der Waals surface area (Å²) in [5.41, 5.74) is 9.83. The number of primary amides is 1. The molecule has 0 saturated heterocycles. The second-order valence-corrected chi connectivity index (χ2v) is 11.3. The monoisotopic (exact) mass is 581 g/mol. The summed E-state index contributed by atoms with van der Waals surface area (Å²) in [4.78, 5) is 18.7. The van der Waals surface area contributed by atoms with Crippen LogP contribution in [0.15, 0.2) is 66.2 Å². The van der Waals surface area contributed by atoms with Crippen molar-refractivity contribution in [3.8, 4) is 17.2 Å². The molecule has 0 fully saturated rings. The van der Waals surface area contributed by atoms with E-state index >= 15 is 0 Å². The fourth-order valence-electron chi connectivity index (χ4n) is 4.90. The standard InChI is InChI=1S/C29H25Cl2N3O4S/c30-22-6-1-17(9-23(22)31)15-36-21-4-2-18(3-5-21)27-16-37-25-11-19-10-24(29(32)35)34(14-28-33-7-8-39-28)13-20(19)12-26(25)38-27/h1-9,11-12,24,27H,10,13-16H2,(H2,32,35). The second-order valence-electron chi connectivity index (χ2n) is 9.54. The molecule has 2 N–H and O–H groups in total. The molecule has 200 valence electrons. The summed E-state index contributed by atoms with van der Waals surface area (Å²) in [7, 11) is 0. The zero-order valence-electron chi connectivity index (χ0n) is 20.8. The maximum atomic E-state index is 12.2. The van der Waals surface area contributed by atoms with E-state index in [4.69, 9.17) is 43.1 Å². The number of carbonyl (C=O) groups excluding carboxylic acids is 1. The van der Waals surface area contributed by atoms with Crippen molar-refractivity contribution in [1.29, 1.82) is 0 Å². The molecule has 1 amide bonds. The van der Waals surface area contributed by atoms with E-state index in [1.165, 1.54) is 0 Å². The van der Waals surface area contributed by atoms with Crippen molar-refractivity contribution >= 4 is 40.4 Å². The molecule has 2 atom stereocenters. The van der Waals surface area contributed by atoms with Crippen LogP contribution in [0.5, 0.6) is 17.2 Å². The Labute approximate surface area is 240 Å². The van der Waals surface area contributed by atoms with Gasteiger partial charge in [0.05, 0.1) is 22.6 Å². The van der Waals surface area contributed by atoms with Crippen LogP contribution < -0.4 is 19.9 Å². The smallest absolute Gasteiger partial charge is 0.235 e. The van der Waals surface area contributed by atoms with Gasteiger partial charge in [0.2, 0.25) is 5.91 Å². The Balaban J connectivity index is 1.14. The molecule has 0 saturated carbocycles. The molecule has 0 spiro atoms. The van der Waals surface area contributed by atoms with Gasteiger partial charge < -0.3 is 19.9 Å². The molecule has 0 radical (unpaired) electrons. The van der Waals surface area contributed by atoms with Crippen LogP contribution in [0.4, 0.5) is 0 Å². The molecular weight excluding hydrogens is 557 g/mol. The van der Waals surface area contributed by atoms with E-state index in [9.17, 15) is 4.79 Å². The molecule has 3 aromatic carbocycles. The minimum Gasteiger partial charge on any atom is -0.489 e. The Kier molecular flexibility index (Phi) is 7.36. The normalized spacial score (nSPS) is 18.4. The summed E-state index contributed by atoms with van der Waals surface area (Å²) < 4.78 is 18.4. The summed E-state index contributed by atoms with van der Waals surface area (Å²) in [5, 5.41) is 3.91. The Morgan fingerprint density at radius 1 is 1.08 bits per heavy atom. The summed E-state index contributed by atoms with van der Waals surface area (Å²) >= 11 is 13.7. The van der Waals surface area contributed by atoms with E-state index in [-0.39, 0.29) is 12.0 Å². The number of hydrogen-bond donors (Lipinski definition) is 1. The quantitative estimate of drug-likeness (QED) is 0.290. The van der Waals surface area contributed by atoms with Crippen molar-refractivity contribution in [1.82, 2.24) is 9.88 Å². The number of carbonyl (C=O) groups is 1. The van der Waals surface area contributed by atoms with Crippen molar-refractivity contribution in [2.24, 2.45) is 5.73 Å². The van der Waals surface area contributed by atoms with Gasteiger partial charge in [0.15, 0.2) is 17.6 Å². The number of nitrogens with two attached hydrogens (primary N) is 1.